The second-order valence-corrected chi connectivity index (χ2v) is 10.3. The van der Waals surface area contributed by atoms with Gasteiger partial charge in [0.15, 0.2) is 5.78 Å². The van der Waals surface area contributed by atoms with Gasteiger partial charge >= 0.3 is 0 Å². The molecule has 1 aromatic heterocycles. The van der Waals surface area contributed by atoms with Crippen LogP contribution in [0.1, 0.15) is 53.6 Å². The van der Waals surface area contributed by atoms with Gasteiger partial charge in [-0.25, -0.2) is 4.39 Å². The number of aromatic nitrogens is 1. The highest BCUT2D eigenvalue weighted by molar-refractivity contribution is 6.38. The van der Waals surface area contributed by atoms with Crippen molar-refractivity contribution < 1.29 is 28.4 Å². The fourth-order valence-corrected chi connectivity index (χ4v) is 5.03. The molecule has 0 saturated heterocycles. The molecular formula is C32H32FN3O5. The maximum absolute atomic E-state index is 13.7. The molecule has 4 rings (SSSR count). The molecule has 3 atom stereocenters. The van der Waals surface area contributed by atoms with E-state index in [1.54, 1.807) is 24.3 Å². The lowest BCUT2D eigenvalue weighted by Crippen LogP contribution is -2.50. The SMILES string of the molecule is O=C(NCc1ccccc1)C(=O)[C@H](C[C@@H]1CCCC1=O)NC(=O)[C@@H](CC(=O)c1cncc(F)c1)Cc1ccccc1. The van der Waals surface area contributed by atoms with Crippen molar-refractivity contribution >= 4 is 29.2 Å². The summed E-state index contributed by atoms with van der Waals surface area (Å²) >= 11 is 0. The molecule has 0 spiro atoms. The predicted octanol–water partition coefficient (Wildman–Crippen LogP) is 3.78. The summed E-state index contributed by atoms with van der Waals surface area (Å²) in [5.74, 6) is -4.86. The van der Waals surface area contributed by atoms with Crippen LogP contribution < -0.4 is 10.6 Å². The number of pyridine rings is 1. The van der Waals surface area contributed by atoms with Crippen molar-refractivity contribution in [2.75, 3.05) is 0 Å². The lowest BCUT2D eigenvalue weighted by molar-refractivity contribution is -0.141. The molecule has 1 saturated carbocycles. The van der Waals surface area contributed by atoms with Crippen molar-refractivity contribution in [1.82, 2.24) is 15.6 Å². The summed E-state index contributed by atoms with van der Waals surface area (Å²) < 4.78 is 13.7. The Kier molecular flexibility index (Phi) is 10.2. The Morgan fingerprint density at radius 3 is 2.27 bits per heavy atom. The third-order valence-electron chi connectivity index (χ3n) is 7.26. The first-order chi connectivity index (χ1) is 19.8. The summed E-state index contributed by atoms with van der Waals surface area (Å²) in [5.41, 5.74) is 1.61. The van der Waals surface area contributed by atoms with Crippen molar-refractivity contribution in [3.63, 3.8) is 0 Å². The van der Waals surface area contributed by atoms with Gasteiger partial charge in [0, 0.05) is 43.0 Å². The normalized spacial score (nSPS) is 16.0. The molecule has 1 aliphatic carbocycles. The summed E-state index contributed by atoms with van der Waals surface area (Å²) in [5, 5.41) is 5.28. The number of amides is 2. The molecule has 0 bridgehead atoms. The number of hydrogen-bond donors (Lipinski definition) is 2. The maximum Gasteiger partial charge on any atom is 0.289 e. The van der Waals surface area contributed by atoms with Crippen LogP contribution in [0.25, 0.3) is 0 Å². The molecule has 41 heavy (non-hydrogen) atoms. The van der Waals surface area contributed by atoms with Crippen molar-refractivity contribution in [3.05, 3.63) is 102 Å². The molecule has 0 radical (unpaired) electrons. The second-order valence-electron chi connectivity index (χ2n) is 10.3. The molecule has 2 amide bonds. The van der Waals surface area contributed by atoms with E-state index in [-0.39, 0.29) is 37.2 Å². The Hall–Kier alpha value is -4.53. The van der Waals surface area contributed by atoms with E-state index in [1.165, 1.54) is 6.20 Å². The Morgan fingerprint density at radius 1 is 0.951 bits per heavy atom. The highest BCUT2D eigenvalue weighted by Gasteiger charge is 2.35. The minimum absolute atomic E-state index is 0.00197. The zero-order valence-corrected chi connectivity index (χ0v) is 22.6. The van der Waals surface area contributed by atoms with Crippen molar-refractivity contribution in [2.24, 2.45) is 11.8 Å². The lowest BCUT2D eigenvalue weighted by atomic mass is 9.90. The molecule has 3 aromatic rings. The van der Waals surface area contributed by atoms with Crippen LogP contribution in [-0.4, -0.2) is 40.2 Å². The number of hydrogen-bond acceptors (Lipinski definition) is 6. The molecule has 8 nitrogen and oxygen atoms in total. The number of halogens is 1. The third-order valence-corrected chi connectivity index (χ3v) is 7.26. The number of carbonyl (C=O) groups is 5. The smallest absolute Gasteiger partial charge is 0.289 e. The largest absolute Gasteiger partial charge is 0.345 e. The Morgan fingerprint density at radius 2 is 1.63 bits per heavy atom. The zero-order valence-electron chi connectivity index (χ0n) is 22.6. The van der Waals surface area contributed by atoms with E-state index in [0.29, 0.717) is 19.3 Å². The number of carbonyl (C=O) groups excluding carboxylic acids is 5. The Labute approximate surface area is 237 Å². The van der Waals surface area contributed by atoms with Crippen LogP contribution in [-0.2, 0) is 32.1 Å². The Balaban J connectivity index is 1.52. The first-order valence-electron chi connectivity index (χ1n) is 13.7. The molecule has 1 heterocycles. The van der Waals surface area contributed by atoms with Gasteiger partial charge in [-0.15, -0.1) is 0 Å². The fourth-order valence-electron chi connectivity index (χ4n) is 5.03. The molecule has 9 heteroatoms. The van der Waals surface area contributed by atoms with Crippen LogP contribution >= 0.6 is 0 Å². The molecule has 1 aliphatic rings. The molecule has 0 aliphatic heterocycles. The minimum atomic E-state index is -1.24. The standard InChI is InChI=1S/C32H32FN3O5/c33-26-15-25(19-34-20-26)29(38)17-24(14-21-8-3-1-4-9-21)31(40)36-27(16-23-12-7-13-28(23)37)30(39)32(41)35-18-22-10-5-2-6-11-22/h1-6,8-11,15,19-20,23-24,27H,7,12-14,16-18H2,(H,35,41)(H,36,40)/t23-,24+,27-/m0/s1. The van der Waals surface area contributed by atoms with Gasteiger partial charge in [0.05, 0.1) is 12.2 Å². The van der Waals surface area contributed by atoms with E-state index in [2.05, 4.69) is 15.6 Å². The van der Waals surface area contributed by atoms with Crippen molar-refractivity contribution in [1.29, 1.82) is 0 Å². The molecule has 2 aromatic carbocycles. The lowest BCUT2D eigenvalue weighted by Gasteiger charge is -2.23. The van der Waals surface area contributed by atoms with E-state index < -0.39 is 47.1 Å². The average Bonchev–Trinajstić information content (AvgIpc) is 3.39. The summed E-state index contributed by atoms with van der Waals surface area (Å²) in [4.78, 5) is 68.9. The van der Waals surface area contributed by atoms with Crippen LogP contribution in [0.15, 0.2) is 79.1 Å². The highest BCUT2D eigenvalue weighted by atomic mass is 19.1. The van der Waals surface area contributed by atoms with Crippen LogP contribution in [0.5, 0.6) is 0 Å². The van der Waals surface area contributed by atoms with Crippen LogP contribution in [0, 0.1) is 17.7 Å². The summed E-state index contributed by atoms with van der Waals surface area (Å²) in [6, 6.07) is 17.9. The second kappa shape index (κ2) is 14.2. The topological polar surface area (TPSA) is 122 Å². The number of nitrogens with zero attached hydrogens (tertiary/aromatic N) is 1. The highest BCUT2D eigenvalue weighted by Crippen LogP contribution is 2.26. The van der Waals surface area contributed by atoms with Gasteiger partial charge in [-0.1, -0.05) is 60.7 Å². The monoisotopic (exact) mass is 557 g/mol. The van der Waals surface area contributed by atoms with Gasteiger partial charge in [-0.3, -0.25) is 29.0 Å². The van der Waals surface area contributed by atoms with Gasteiger partial charge in [0.25, 0.3) is 5.91 Å². The summed E-state index contributed by atoms with van der Waals surface area (Å²) in [6.45, 7) is 0.126. The molecule has 0 unspecified atom stereocenters. The number of Topliss-reactive ketones (excluding diaryl/α,β-unsaturated/α-hetero) is 3. The number of ketones is 3. The zero-order chi connectivity index (χ0) is 29.2. The number of benzene rings is 2. The molecule has 212 valence electrons. The van der Waals surface area contributed by atoms with Gasteiger partial charge in [0.1, 0.15) is 11.6 Å². The molecule has 1 fully saturated rings. The minimum Gasteiger partial charge on any atom is -0.345 e. The maximum atomic E-state index is 13.7. The predicted molar refractivity (Wildman–Crippen MR) is 149 cm³/mol. The van der Waals surface area contributed by atoms with Gasteiger partial charge in [-0.05, 0) is 42.9 Å². The van der Waals surface area contributed by atoms with Crippen LogP contribution in [0.4, 0.5) is 4.39 Å². The van der Waals surface area contributed by atoms with E-state index in [1.807, 2.05) is 36.4 Å². The van der Waals surface area contributed by atoms with Gasteiger partial charge < -0.3 is 10.6 Å². The van der Waals surface area contributed by atoms with Crippen molar-refractivity contribution in [2.45, 2.75) is 51.1 Å². The summed E-state index contributed by atoms with van der Waals surface area (Å²) in [7, 11) is 0. The number of nitrogens with one attached hydrogen (secondary N) is 2. The summed E-state index contributed by atoms with van der Waals surface area (Å²) in [6.07, 6.45) is 3.77. The Bertz CT molecular complexity index is 1400. The molecular weight excluding hydrogens is 525 g/mol. The number of rotatable bonds is 13. The van der Waals surface area contributed by atoms with E-state index in [0.717, 1.165) is 23.4 Å². The van der Waals surface area contributed by atoms with Crippen LogP contribution in [0.3, 0.4) is 0 Å². The van der Waals surface area contributed by atoms with Crippen LogP contribution in [0.2, 0.25) is 0 Å². The van der Waals surface area contributed by atoms with E-state index >= 15 is 0 Å². The van der Waals surface area contributed by atoms with E-state index in [9.17, 15) is 28.4 Å². The average molecular weight is 558 g/mol. The molecule has 2 N–H and O–H groups in total. The van der Waals surface area contributed by atoms with Crippen molar-refractivity contribution in [3.8, 4) is 0 Å². The van der Waals surface area contributed by atoms with Gasteiger partial charge in [-0.2, -0.15) is 0 Å². The third kappa shape index (κ3) is 8.48. The first kappa shape index (κ1) is 29.5. The quantitative estimate of drug-likeness (QED) is 0.244. The van der Waals surface area contributed by atoms with E-state index in [4.69, 9.17) is 0 Å². The fraction of sp³-hybridized carbons (Fsp3) is 0.312. The first-order valence-corrected chi connectivity index (χ1v) is 13.7. The van der Waals surface area contributed by atoms with Gasteiger partial charge in [0.2, 0.25) is 11.7 Å².